The smallest absolute Gasteiger partial charge is 0.161 e. The van der Waals surface area contributed by atoms with Crippen molar-refractivity contribution in [2.45, 2.75) is 6.92 Å². The van der Waals surface area contributed by atoms with Crippen molar-refractivity contribution in [1.82, 2.24) is 9.88 Å². The fourth-order valence-corrected chi connectivity index (χ4v) is 4.06. The molecule has 1 aliphatic rings. The maximum Gasteiger partial charge on any atom is 0.161 e. The van der Waals surface area contributed by atoms with Gasteiger partial charge in [-0.05, 0) is 36.2 Å². The number of nitrogens with zero attached hydrogens (tertiary/aromatic N) is 3. The summed E-state index contributed by atoms with van der Waals surface area (Å²) in [4.78, 5) is 9.91. The zero-order valence-corrected chi connectivity index (χ0v) is 18.5. The predicted octanol–water partition coefficient (Wildman–Crippen LogP) is 2.79. The van der Waals surface area contributed by atoms with Gasteiger partial charge in [-0.3, -0.25) is 0 Å². The molecule has 0 saturated carbocycles. The van der Waals surface area contributed by atoms with Gasteiger partial charge >= 0.3 is 0 Å². The molecule has 0 aliphatic carbocycles. The molecule has 1 saturated heterocycles. The summed E-state index contributed by atoms with van der Waals surface area (Å²) in [6.07, 6.45) is 0. The SMILES string of the molecule is CCN1CCN(c2nc(-c3ccc(OCCO)c(OCCO)c3)cc3ccccc23)CC1. The average molecular weight is 438 g/mol. The largest absolute Gasteiger partial charge is 0.487 e. The molecule has 3 aromatic rings. The summed E-state index contributed by atoms with van der Waals surface area (Å²) >= 11 is 0. The van der Waals surface area contributed by atoms with Crippen LogP contribution in [0.15, 0.2) is 48.5 Å². The maximum absolute atomic E-state index is 9.19. The second kappa shape index (κ2) is 10.6. The third-order valence-electron chi connectivity index (χ3n) is 5.78. The monoisotopic (exact) mass is 437 g/mol. The van der Waals surface area contributed by atoms with Crippen molar-refractivity contribution in [2.24, 2.45) is 0 Å². The molecule has 0 atom stereocenters. The summed E-state index contributed by atoms with van der Waals surface area (Å²) in [5.74, 6) is 2.07. The van der Waals surface area contributed by atoms with E-state index < -0.39 is 0 Å². The number of anilines is 1. The first-order valence-electron chi connectivity index (χ1n) is 11.2. The lowest BCUT2D eigenvalue weighted by Crippen LogP contribution is -2.46. The molecular weight excluding hydrogens is 406 g/mol. The Bertz CT molecular complexity index is 1030. The second-order valence-corrected chi connectivity index (χ2v) is 7.78. The Hall–Kier alpha value is -2.87. The summed E-state index contributed by atoms with van der Waals surface area (Å²) < 4.78 is 11.3. The van der Waals surface area contributed by atoms with Crippen LogP contribution in [0.4, 0.5) is 5.82 Å². The predicted molar refractivity (Wildman–Crippen MR) is 127 cm³/mol. The van der Waals surface area contributed by atoms with Crippen molar-refractivity contribution in [3.05, 3.63) is 48.5 Å². The van der Waals surface area contributed by atoms with Crippen LogP contribution in [-0.2, 0) is 0 Å². The van der Waals surface area contributed by atoms with Crippen LogP contribution in [0.25, 0.3) is 22.0 Å². The van der Waals surface area contributed by atoms with Gasteiger partial charge in [-0.25, -0.2) is 4.98 Å². The number of likely N-dealkylation sites (N-methyl/N-ethyl adjacent to an activating group) is 1. The van der Waals surface area contributed by atoms with Gasteiger partial charge in [0, 0.05) is 37.1 Å². The lowest BCUT2D eigenvalue weighted by Gasteiger charge is -2.35. The number of aromatic nitrogens is 1. The zero-order valence-electron chi connectivity index (χ0n) is 18.5. The molecule has 0 unspecified atom stereocenters. The summed E-state index contributed by atoms with van der Waals surface area (Å²) in [7, 11) is 0. The molecule has 0 spiro atoms. The fourth-order valence-electron chi connectivity index (χ4n) is 4.06. The lowest BCUT2D eigenvalue weighted by molar-refractivity contribution is 0.178. The summed E-state index contributed by atoms with van der Waals surface area (Å²) in [6.45, 7) is 7.42. The minimum Gasteiger partial charge on any atom is -0.487 e. The maximum atomic E-state index is 9.19. The normalized spacial score (nSPS) is 14.7. The van der Waals surface area contributed by atoms with Crippen molar-refractivity contribution in [3.8, 4) is 22.8 Å². The van der Waals surface area contributed by atoms with E-state index >= 15 is 0 Å². The number of piperazine rings is 1. The van der Waals surface area contributed by atoms with Crippen molar-refractivity contribution in [1.29, 1.82) is 0 Å². The molecule has 1 aliphatic heterocycles. The minimum absolute atomic E-state index is 0.0813. The molecule has 2 aromatic carbocycles. The van der Waals surface area contributed by atoms with Gasteiger partial charge in [0.25, 0.3) is 0 Å². The highest BCUT2D eigenvalue weighted by Crippen LogP contribution is 2.35. The Labute approximate surface area is 188 Å². The van der Waals surface area contributed by atoms with E-state index in [2.05, 4.69) is 41.0 Å². The standard InChI is InChI=1S/C25H31N3O4/c1-2-27-9-11-28(12-10-27)25-21-6-4-3-5-19(21)17-22(26-25)20-7-8-23(31-15-13-29)24(18-20)32-16-14-30/h3-8,17-18,29-30H,2,9-16H2,1H3. The van der Waals surface area contributed by atoms with E-state index in [-0.39, 0.29) is 26.4 Å². The third kappa shape index (κ3) is 4.96. The first kappa shape index (κ1) is 22.3. The molecule has 170 valence electrons. The van der Waals surface area contributed by atoms with E-state index in [4.69, 9.17) is 19.6 Å². The highest BCUT2D eigenvalue weighted by Gasteiger charge is 2.20. The summed E-state index contributed by atoms with van der Waals surface area (Å²) in [6, 6.07) is 16.1. The number of fused-ring (bicyclic) bond motifs is 1. The molecule has 2 N–H and O–H groups in total. The zero-order chi connectivity index (χ0) is 22.3. The van der Waals surface area contributed by atoms with Crippen LogP contribution < -0.4 is 14.4 Å². The summed E-state index contributed by atoms with van der Waals surface area (Å²) in [5.41, 5.74) is 1.77. The Kier molecular flexibility index (Phi) is 7.42. The number of aliphatic hydroxyl groups excluding tert-OH is 2. The van der Waals surface area contributed by atoms with Gasteiger partial charge in [-0.15, -0.1) is 0 Å². The fraction of sp³-hybridized carbons (Fsp3) is 0.400. The molecule has 32 heavy (non-hydrogen) atoms. The van der Waals surface area contributed by atoms with E-state index in [1.54, 1.807) is 0 Å². The Morgan fingerprint density at radius 2 is 1.59 bits per heavy atom. The lowest BCUT2D eigenvalue weighted by atomic mass is 10.1. The quantitative estimate of drug-likeness (QED) is 0.533. The Morgan fingerprint density at radius 1 is 0.875 bits per heavy atom. The van der Waals surface area contributed by atoms with Crippen molar-refractivity contribution in [3.63, 3.8) is 0 Å². The number of ether oxygens (including phenoxy) is 2. The van der Waals surface area contributed by atoms with Crippen molar-refractivity contribution in [2.75, 3.05) is 64.1 Å². The van der Waals surface area contributed by atoms with Crippen LogP contribution in [0, 0.1) is 0 Å². The average Bonchev–Trinajstić information content (AvgIpc) is 2.85. The number of aliphatic hydroxyl groups is 2. The molecule has 1 fully saturated rings. The van der Waals surface area contributed by atoms with Gasteiger partial charge in [0.1, 0.15) is 19.0 Å². The van der Waals surface area contributed by atoms with Gasteiger partial charge in [-0.1, -0.05) is 31.2 Å². The van der Waals surface area contributed by atoms with Crippen LogP contribution in [0.5, 0.6) is 11.5 Å². The molecule has 0 bridgehead atoms. The van der Waals surface area contributed by atoms with Gasteiger partial charge < -0.3 is 29.5 Å². The van der Waals surface area contributed by atoms with Crippen molar-refractivity contribution < 1.29 is 19.7 Å². The second-order valence-electron chi connectivity index (χ2n) is 7.78. The topological polar surface area (TPSA) is 78.3 Å². The molecule has 0 radical (unpaired) electrons. The first-order valence-corrected chi connectivity index (χ1v) is 11.2. The highest BCUT2D eigenvalue weighted by atomic mass is 16.5. The van der Waals surface area contributed by atoms with Gasteiger partial charge in [0.2, 0.25) is 0 Å². The van der Waals surface area contributed by atoms with Crippen LogP contribution in [0.3, 0.4) is 0 Å². The van der Waals surface area contributed by atoms with Crippen LogP contribution in [-0.4, -0.2) is 79.2 Å². The number of hydrogen-bond acceptors (Lipinski definition) is 7. The van der Waals surface area contributed by atoms with E-state index in [1.807, 2.05) is 24.3 Å². The molecule has 2 heterocycles. The van der Waals surface area contributed by atoms with E-state index in [0.717, 1.165) is 60.6 Å². The highest BCUT2D eigenvalue weighted by molar-refractivity contribution is 5.95. The molecule has 0 amide bonds. The summed E-state index contributed by atoms with van der Waals surface area (Å²) in [5, 5.41) is 20.6. The number of rotatable bonds is 9. The minimum atomic E-state index is -0.0915. The molecular formula is C25H31N3O4. The molecule has 1 aromatic heterocycles. The number of benzene rings is 2. The van der Waals surface area contributed by atoms with Gasteiger partial charge in [0.05, 0.1) is 18.9 Å². The van der Waals surface area contributed by atoms with Crippen LogP contribution in [0.2, 0.25) is 0 Å². The first-order chi connectivity index (χ1) is 15.7. The third-order valence-corrected chi connectivity index (χ3v) is 5.78. The number of hydrogen-bond donors (Lipinski definition) is 2. The van der Waals surface area contributed by atoms with Gasteiger partial charge in [-0.2, -0.15) is 0 Å². The number of pyridine rings is 1. The molecule has 4 rings (SSSR count). The Balaban J connectivity index is 1.72. The van der Waals surface area contributed by atoms with E-state index in [9.17, 15) is 5.11 Å². The van der Waals surface area contributed by atoms with Gasteiger partial charge in [0.15, 0.2) is 11.5 Å². The molecule has 7 nitrogen and oxygen atoms in total. The van der Waals surface area contributed by atoms with E-state index in [1.165, 1.54) is 0 Å². The van der Waals surface area contributed by atoms with E-state index in [0.29, 0.717) is 11.5 Å². The van der Waals surface area contributed by atoms with Crippen molar-refractivity contribution >= 4 is 16.6 Å². The van der Waals surface area contributed by atoms with Crippen LogP contribution >= 0.6 is 0 Å². The van der Waals surface area contributed by atoms with Crippen LogP contribution in [0.1, 0.15) is 6.92 Å². The Morgan fingerprint density at radius 3 is 2.31 bits per heavy atom. The molecule has 7 heteroatoms.